The first-order chi connectivity index (χ1) is 8.77. The van der Waals surface area contributed by atoms with Gasteiger partial charge < -0.3 is 9.88 Å². The van der Waals surface area contributed by atoms with E-state index in [0.717, 1.165) is 24.7 Å². The molecule has 0 aliphatic carbocycles. The zero-order valence-corrected chi connectivity index (χ0v) is 11.5. The van der Waals surface area contributed by atoms with E-state index in [1.54, 1.807) is 11.8 Å². The minimum atomic E-state index is 0.944. The third kappa shape index (κ3) is 1.90. The Balaban J connectivity index is 2.05. The van der Waals surface area contributed by atoms with Gasteiger partial charge in [-0.2, -0.15) is 0 Å². The molecule has 1 aliphatic rings. The van der Waals surface area contributed by atoms with Crippen LogP contribution in [0.15, 0.2) is 34.2 Å². The summed E-state index contributed by atoms with van der Waals surface area (Å²) >= 11 is 1.76. The van der Waals surface area contributed by atoms with Gasteiger partial charge in [0, 0.05) is 41.6 Å². The summed E-state index contributed by atoms with van der Waals surface area (Å²) in [7, 11) is 2.12. The Morgan fingerprint density at radius 3 is 2.94 bits per heavy atom. The molecule has 1 N–H and O–H groups in total. The van der Waals surface area contributed by atoms with Crippen molar-refractivity contribution in [2.75, 3.05) is 13.1 Å². The molecule has 0 amide bonds. The number of para-hydroxylation sites is 1. The number of aliphatic imine (C=N–C) groups is 1. The van der Waals surface area contributed by atoms with E-state index in [1.165, 1.54) is 21.5 Å². The van der Waals surface area contributed by atoms with E-state index in [0.29, 0.717) is 0 Å². The van der Waals surface area contributed by atoms with Crippen LogP contribution in [-0.2, 0) is 7.05 Å². The monoisotopic (exact) mass is 259 g/mol. The van der Waals surface area contributed by atoms with Crippen molar-refractivity contribution in [3.63, 3.8) is 0 Å². The van der Waals surface area contributed by atoms with Crippen LogP contribution in [0.4, 0.5) is 0 Å². The van der Waals surface area contributed by atoms with E-state index < -0.39 is 0 Å². The molecule has 1 aromatic carbocycles. The van der Waals surface area contributed by atoms with Crippen LogP contribution in [0.25, 0.3) is 10.9 Å². The SMILES string of the molecule is Cc1c(SC2=NCCCN2)c2ccccc2n1C. The first-order valence-corrected chi connectivity index (χ1v) is 7.09. The van der Waals surface area contributed by atoms with Crippen molar-refractivity contribution in [1.29, 1.82) is 0 Å². The quantitative estimate of drug-likeness (QED) is 0.853. The molecule has 0 spiro atoms. The maximum atomic E-state index is 4.54. The molecule has 0 bridgehead atoms. The zero-order chi connectivity index (χ0) is 12.5. The Morgan fingerprint density at radius 2 is 2.17 bits per heavy atom. The molecular formula is C14H17N3S. The number of fused-ring (bicyclic) bond motifs is 1. The number of rotatable bonds is 1. The van der Waals surface area contributed by atoms with Crippen molar-refractivity contribution in [2.24, 2.45) is 12.0 Å². The lowest BCUT2D eigenvalue weighted by Gasteiger charge is -2.13. The Morgan fingerprint density at radius 1 is 1.33 bits per heavy atom. The van der Waals surface area contributed by atoms with Gasteiger partial charge in [-0.3, -0.25) is 4.99 Å². The number of aromatic nitrogens is 1. The third-order valence-electron chi connectivity index (χ3n) is 3.41. The summed E-state index contributed by atoms with van der Waals surface area (Å²) in [5.41, 5.74) is 2.59. The van der Waals surface area contributed by atoms with Gasteiger partial charge in [-0.05, 0) is 19.4 Å². The fourth-order valence-electron chi connectivity index (χ4n) is 2.29. The van der Waals surface area contributed by atoms with E-state index in [4.69, 9.17) is 0 Å². The van der Waals surface area contributed by atoms with Crippen LogP contribution >= 0.6 is 11.8 Å². The second kappa shape index (κ2) is 4.69. The Labute approximate surface area is 111 Å². The van der Waals surface area contributed by atoms with Gasteiger partial charge in [0.25, 0.3) is 0 Å². The molecule has 0 fully saturated rings. The van der Waals surface area contributed by atoms with Crippen molar-refractivity contribution >= 4 is 27.8 Å². The van der Waals surface area contributed by atoms with Crippen LogP contribution in [0.5, 0.6) is 0 Å². The lowest BCUT2D eigenvalue weighted by atomic mass is 10.2. The summed E-state index contributed by atoms with van der Waals surface area (Å²) in [5, 5.41) is 5.75. The lowest BCUT2D eigenvalue weighted by Crippen LogP contribution is -2.26. The number of aryl methyl sites for hydroxylation is 1. The predicted molar refractivity (Wildman–Crippen MR) is 78.4 cm³/mol. The highest BCUT2D eigenvalue weighted by molar-refractivity contribution is 8.14. The molecule has 0 radical (unpaired) electrons. The van der Waals surface area contributed by atoms with E-state index in [1.807, 2.05) is 0 Å². The molecule has 2 aromatic rings. The topological polar surface area (TPSA) is 29.3 Å². The molecule has 0 saturated heterocycles. The fraction of sp³-hybridized carbons (Fsp3) is 0.357. The molecule has 0 saturated carbocycles. The highest BCUT2D eigenvalue weighted by Crippen LogP contribution is 2.33. The second-order valence-electron chi connectivity index (χ2n) is 4.56. The summed E-state index contributed by atoms with van der Waals surface area (Å²) in [6.07, 6.45) is 1.14. The van der Waals surface area contributed by atoms with E-state index in [2.05, 4.69) is 53.1 Å². The minimum Gasteiger partial charge on any atom is -0.365 e. The maximum Gasteiger partial charge on any atom is 0.161 e. The van der Waals surface area contributed by atoms with Crippen molar-refractivity contribution in [3.05, 3.63) is 30.0 Å². The van der Waals surface area contributed by atoms with Crippen LogP contribution in [0.2, 0.25) is 0 Å². The molecule has 0 unspecified atom stereocenters. The first-order valence-electron chi connectivity index (χ1n) is 6.27. The average Bonchev–Trinajstić information content (AvgIpc) is 2.66. The smallest absolute Gasteiger partial charge is 0.161 e. The minimum absolute atomic E-state index is 0.944. The summed E-state index contributed by atoms with van der Waals surface area (Å²) in [6.45, 7) is 4.15. The van der Waals surface area contributed by atoms with Gasteiger partial charge in [0.1, 0.15) is 0 Å². The van der Waals surface area contributed by atoms with Crippen molar-refractivity contribution in [1.82, 2.24) is 9.88 Å². The molecule has 1 aliphatic heterocycles. The predicted octanol–water partition coefficient (Wildman–Crippen LogP) is 2.93. The molecule has 4 heteroatoms. The molecular weight excluding hydrogens is 242 g/mol. The van der Waals surface area contributed by atoms with Gasteiger partial charge in [-0.25, -0.2) is 0 Å². The number of nitrogens with one attached hydrogen (secondary N) is 1. The molecule has 2 heterocycles. The van der Waals surface area contributed by atoms with Crippen LogP contribution in [0.3, 0.4) is 0 Å². The van der Waals surface area contributed by atoms with E-state index in [-0.39, 0.29) is 0 Å². The van der Waals surface area contributed by atoms with Gasteiger partial charge in [0.15, 0.2) is 5.17 Å². The lowest BCUT2D eigenvalue weighted by molar-refractivity contribution is 0.751. The number of benzene rings is 1. The molecule has 1 aromatic heterocycles. The van der Waals surface area contributed by atoms with Gasteiger partial charge in [-0.15, -0.1) is 0 Å². The zero-order valence-electron chi connectivity index (χ0n) is 10.7. The van der Waals surface area contributed by atoms with Gasteiger partial charge in [0.05, 0.1) is 0 Å². The van der Waals surface area contributed by atoms with Crippen molar-refractivity contribution < 1.29 is 0 Å². The van der Waals surface area contributed by atoms with E-state index in [9.17, 15) is 0 Å². The van der Waals surface area contributed by atoms with E-state index >= 15 is 0 Å². The second-order valence-corrected chi connectivity index (χ2v) is 5.56. The maximum absolute atomic E-state index is 4.54. The highest BCUT2D eigenvalue weighted by Gasteiger charge is 2.15. The summed E-state index contributed by atoms with van der Waals surface area (Å²) in [4.78, 5) is 5.86. The van der Waals surface area contributed by atoms with Gasteiger partial charge in [0.2, 0.25) is 0 Å². The number of hydrogen-bond acceptors (Lipinski definition) is 3. The molecule has 3 rings (SSSR count). The summed E-state index contributed by atoms with van der Waals surface area (Å²) in [6, 6.07) is 8.55. The van der Waals surface area contributed by atoms with Crippen LogP contribution in [-0.4, -0.2) is 22.8 Å². The van der Waals surface area contributed by atoms with Crippen LogP contribution in [0.1, 0.15) is 12.1 Å². The van der Waals surface area contributed by atoms with Crippen molar-refractivity contribution in [3.8, 4) is 0 Å². The summed E-state index contributed by atoms with van der Waals surface area (Å²) < 4.78 is 2.25. The fourth-order valence-corrected chi connectivity index (χ4v) is 3.38. The normalized spacial score (nSPS) is 15.6. The number of nitrogens with zero attached hydrogens (tertiary/aromatic N) is 2. The molecule has 94 valence electrons. The number of amidine groups is 1. The van der Waals surface area contributed by atoms with Crippen LogP contribution in [0, 0.1) is 6.92 Å². The van der Waals surface area contributed by atoms with Crippen LogP contribution < -0.4 is 5.32 Å². The molecule has 0 atom stereocenters. The van der Waals surface area contributed by atoms with Crippen molar-refractivity contribution in [2.45, 2.75) is 18.2 Å². The average molecular weight is 259 g/mol. The number of thioether (sulfide) groups is 1. The number of hydrogen-bond donors (Lipinski definition) is 1. The highest BCUT2D eigenvalue weighted by atomic mass is 32.2. The van der Waals surface area contributed by atoms with Gasteiger partial charge >= 0.3 is 0 Å². The summed E-state index contributed by atoms with van der Waals surface area (Å²) in [5.74, 6) is 0. The Kier molecular flexibility index (Phi) is 3.04. The Hall–Kier alpha value is -1.42. The first kappa shape index (κ1) is 11.7. The Bertz CT molecular complexity index is 613. The molecule has 3 nitrogen and oxygen atoms in total. The van der Waals surface area contributed by atoms with Gasteiger partial charge in [-0.1, -0.05) is 30.0 Å². The largest absolute Gasteiger partial charge is 0.365 e. The standard InChI is InChI=1S/C14H17N3S/c1-10-13(18-14-15-8-5-9-16-14)11-6-3-4-7-12(11)17(10)2/h3-4,6-7H,5,8-9H2,1-2H3,(H,15,16). The third-order valence-corrected chi connectivity index (χ3v) is 4.59. The molecule has 18 heavy (non-hydrogen) atoms.